The van der Waals surface area contributed by atoms with Gasteiger partial charge >= 0.3 is 0 Å². The number of carbonyl (C=O) groups is 1. The number of benzene rings is 1. The van der Waals surface area contributed by atoms with E-state index in [1.165, 1.54) is 18.9 Å². The summed E-state index contributed by atoms with van der Waals surface area (Å²) in [4.78, 5) is 14.3. The van der Waals surface area contributed by atoms with Crippen LogP contribution in [0.5, 0.6) is 0 Å². The molecule has 1 saturated heterocycles. The van der Waals surface area contributed by atoms with E-state index in [1.807, 2.05) is 0 Å². The van der Waals surface area contributed by atoms with Crippen molar-refractivity contribution < 1.29 is 13.6 Å². The van der Waals surface area contributed by atoms with E-state index in [1.54, 1.807) is 12.1 Å². The van der Waals surface area contributed by atoms with Gasteiger partial charge in [-0.15, -0.1) is 10.2 Å². The van der Waals surface area contributed by atoms with Gasteiger partial charge in [0.05, 0.1) is 0 Å². The van der Waals surface area contributed by atoms with Gasteiger partial charge in [0.2, 0.25) is 0 Å². The molecule has 2 heterocycles. The summed E-state index contributed by atoms with van der Waals surface area (Å²) < 4.78 is 26.1. The topological polar surface area (TPSA) is 58.1 Å². The lowest BCUT2D eigenvalue weighted by molar-refractivity contribution is 0.102. The van der Waals surface area contributed by atoms with Crippen molar-refractivity contribution in [3.05, 3.63) is 47.7 Å². The van der Waals surface area contributed by atoms with Crippen LogP contribution in [0.1, 0.15) is 36.2 Å². The number of nitrogens with one attached hydrogen (secondary N) is 1. The normalized spacial score (nSPS) is 15.0. The fourth-order valence-corrected chi connectivity index (χ4v) is 2.68. The number of amides is 1. The average molecular weight is 332 g/mol. The Kier molecular flexibility index (Phi) is 4.98. The van der Waals surface area contributed by atoms with Crippen LogP contribution in [-0.4, -0.2) is 29.2 Å². The Morgan fingerprint density at radius 3 is 2.33 bits per heavy atom. The third-order valence-electron chi connectivity index (χ3n) is 3.99. The highest BCUT2D eigenvalue weighted by atomic mass is 19.2. The number of aromatic nitrogens is 2. The highest BCUT2D eigenvalue weighted by Gasteiger charge is 2.14. The van der Waals surface area contributed by atoms with E-state index in [-0.39, 0.29) is 11.4 Å². The number of nitrogens with zero attached hydrogens (tertiary/aromatic N) is 3. The molecule has 0 aliphatic carbocycles. The molecule has 0 bridgehead atoms. The molecule has 1 amide bonds. The summed E-state index contributed by atoms with van der Waals surface area (Å²) in [6.45, 7) is 1.88. The lowest BCUT2D eigenvalue weighted by Gasteiger charge is -2.20. The summed E-state index contributed by atoms with van der Waals surface area (Å²) >= 11 is 0. The third-order valence-corrected chi connectivity index (χ3v) is 3.99. The van der Waals surface area contributed by atoms with Crippen LogP contribution in [0.4, 0.5) is 20.3 Å². The molecule has 3 rings (SSSR count). The summed E-state index contributed by atoms with van der Waals surface area (Å²) in [6, 6.07) is 6.52. The van der Waals surface area contributed by atoms with Crippen molar-refractivity contribution in [2.75, 3.05) is 23.3 Å². The van der Waals surface area contributed by atoms with Gasteiger partial charge in [-0.3, -0.25) is 4.79 Å². The van der Waals surface area contributed by atoms with Crippen molar-refractivity contribution in [2.45, 2.75) is 25.7 Å². The Bertz CT molecular complexity index is 713. The highest BCUT2D eigenvalue weighted by Crippen LogP contribution is 2.17. The van der Waals surface area contributed by atoms with Crippen LogP contribution in [0.2, 0.25) is 0 Å². The standard InChI is InChI=1S/C17H18F2N4O/c18-13-6-5-12(11-14(13)19)20-17(24)15-7-8-16(22-21-15)23-9-3-1-2-4-10-23/h5-8,11H,1-4,9-10H2,(H,20,24). The molecule has 1 aliphatic heterocycles. The van der Waals surface area contributed by atoms with Gasteiger partial charge in [0.15, 0.2) is 23.1 Å². The molecule has 0 spiro atoms. The van der Waals surface area contributed by atoms with E-state index >= 15 is 0 Å². The molecule has 0 radical (unpaired) electrons. The highest BCUT2D eigenvalue weighted by molar-refractivity contribution is 6.02. The molecule has 0 atom stereocenters. The van der Waals surface area contributed by atoms with Crippen molar-refractivity contribution in [1.82, 2.24) is 10.2 Å². The predicted octanol–water partition coefficient (Wildman–Crippen LogP) is 3.39. The van der Waals surface area contributed by atoms with E-state index in [2.05, 4.69) is 20.4 Å². The second kappa shape index (κ2) is 7.33. The van der Waals surface area contributed by atoms with Gasteiger partial charge in [0.25, 0.3) is 5.91 Å². The smallest absolute Gasteiger partial charge is 0.276 e. The summed E-state index contributed by atoms with van der Waals surface area (Å²) in [5, 5.41) is 10.5. The van der Waals surface area contributed by atoms with Crippen LogP contribution in [0, 0.1) is 11.6 Å². The van der Waals surface area contributed by atoms with Crippen molar-refractivity contribution in [2.24, 2.45) is 0 Å². The number of hydrogen-bond acceptors (Lipinski definition) is 4. The first-order valence-electron chi connectivity index (χ1n) is 7.98. The number of rotatable bonds is 3. The number of halogens is 2. The van der Waals surface area contributed by atoms with Crippen molar-refractivity contribution in [1.29, 1.82) is 0 Å². The van der Waals surface area contributed by atoms with Crippen LogP contribution in [0.15, 0.2) is 30.3 Å². The first-order chi connectivity index (χ1) is 11.6. The molecular weight excluding hydrogens is 314 g/mol. The van der Waals surface area contributed by atoms with Crippen LogP contribution >= 0.6 is 0 Å². The van der Waals surface area contributed by atoms with Crippen molar-refractivity contribution in [3.8, 4) is 0 Å². The summed E-state index contributed by atoms with van der Waals surface area (Å²) in [5.74, 6) is -1.75. The molecule has 1 N–H and O–H groups in total. The predicted molar refractivity (Wildman–Crippen MR) is 87.0 cm³/mol. The van der Waals surface area contributed by atoms with Gasteiger partial charge in [-0.1, -0.05) is 12.8 Å². The zero-order valence-corrected chi connectivity index (χ0v) is 13.1. The molecule has 0 unspecified atom stereocenters. The Labute approximate surface area is 138 Å². The first kappa shape index (κ1) is 16.3. The Morgan fingerprint density at radius 2 is 1.71 bits per heavy atom. The zero-order valence-electron chi connectivity index (χ0n) is 13.1. The molecule has 0 saturated carbocycles. The van der Waals surface area contributed by atoms with Gasteiger partial charge in [-0.05, 0) is 37.1 Å². The van der Waals surface area contributed by atoms with Gasteiger partial charge in [-0.25, -0.2) is 8.78 Å². The molecule has 1 aliphatic rings. The quantitative estimate of drug-likeness (QED) is 0.936. The molecule has 1 aromatic heterocycles. The maximum absolute atomic E-state index is 13.2. The minimum Gasteiger partial charge on any atom is -0.355 e. The summed E-state index contributed by atoms with van der Waals surface area (Å²) in [7, 11) is 0. The van der Waals surface area contributed by atoms with Gasteiger partial charge in [0.1, 0.15) is 0 Å². The third kappa shape index (κ3) is 3.84. The minimum atomic E-state index is -1.02. The second-order valence-electron chi connectivity index (χ2n) is 5.76. The summed E-state index contributed by atoms with van der Waals surface area (Å²) in [5.41, 5.74) is 0.288. The van der Waals surface area contributed by atoms with E-state index < -0.39 is 17.5 Å². The van der Waals surface area contributed by atoms with Crippen LogP contribution in [0.25, 0.3) is 0 Å². The molecule has 24 heavy (non-hydrogen) atoms. The minimum absolute atomic E-state index is 0.123. The molecule has 1 aromatic carbocycles. The van der Waals surface area contributed by atoms with Crippen molar-refractivity contribution >= 4 is 17.4 Å². The Balaban J connectivity index is 1.68. The van der Waals surface area contributed by atoms with E-state index in [0.717, 1.165) is 43.9 Å². The monoisotopic (exact) mass is 332 g/mol. The fourth-order valence-electron chi connectivity index (χ4n) is 2.68. The van der Waals surface area contributed by atoms with Crippen LogP contribution < -0.4 is 10.2 Å². The first-order valence-corrected chi connectivity index (χ1v) is 7.98. The maximum atomic E-state index is 13.2. The molecule has 2 aromatic rings. The molecule has 126 valence electrons. The van der Waals surface area contributed by atoms with Crippen molar-refractivity contribution in [3.63, 3.8) is 0 Å². The lowest BCUT2D eigenvalue weighted by Crippen LogP contribution is -2.25. The second-order valence-corrected chi connectivity index (χ2v) is 5.76. The molecular formula is C17H18F2N4O. The van der Waals surface area contributed by atoms with Gasteiger partial charge in [0, 0.05) is 24.8 Å². The van der Waals surface area contributed by atoms with E-state index in [4.69, 9.17) is 0 Å². The van der Waals surface area contributed by atoms with E-state index in [0.29, 0.717) is 0 Å². The average Bonchev–Trinajstić information content (AvgIpc) is 2.88. The maximum Gasteiger partial charge on any atom is 0.276 e. The SMILES string of the molecule is O=C(Nc1ccc(F)c(F)c1)c1ccc(N2CCCCCC2)nn1. The molecule has 7 heteroatoms. The van der Waals surface area contributed by atoms with Crippen LogP contribution in [-0.2, 0) is 0 Å². The number of hydrogen-bond donors (Lipinski definition) is 1. The lowest BCUT2D eigenvalue weighted by atomic mass is 10.2. The molecule has 1 fully saturated rings. The number of carbonyl (C=O) groups excluding carboxylic acids is 1. The Morgan fingerprint density at radius 1 is 0.958 bits per heavy atom. The summed E-state index contributed by atoms with van der Waals surface area (Å²) in [6.07, 6.45) is 4.69. The van der Waals surface area contributed by atoms with Crippen LogP contribution in [0.3, 0.4) is 0 Å². The molecule has 5 nitrogen and oxygen atoms in total. The largest absolute Gasteiger partial charge is 0.355 e. The van der Waals surface area contributed by atoms with Gasteiger partial charge < -0.3 is 10.2 Å². The Hall–Kier alpha value is -2.57. The van der Waals surface area contributed by atoms with E-state index in [9.17, 15) is 13.6 Å². The fraction of sp³-hybridized carbons (Fsp3) is 0.353. The van der Waals surface area contributed by atoms with Gasteiger partial charge in [-0.2, -0.15) is 0 Å². The zero-order chi connectivity index (χ0) is 16.9. The number of anilines is 2.